The molecule has 1 fully saturated rings. The van der Waals surface area contributed by atoms with Crippen LogP contribution < -0.4 is 5.32 Å². The van der Waals surface area contributed by atoms with Crippen LogP contribution in [0.3, 0.4) is 0 Å². The smallest absolute Gasteiger partial charge is 0.0117 e. The lowest BCUT2D eigenvalue weighted by atomic mass is 9.93. The van der Waals surface area contributed by atoms with Crippen LogP contribution in [0.5, 0.6) is 0 Å². The first kappa shape index (κ1) is 15.0. The highest BCUT2D eigenvalue weighted by Crippen LogP contribution is 2.17. The van der Waals surface area contributed by atoms with Gasteiger partial charge < -0.3 is 10.2 Å². The predicted molar refractivity (Wildman–Crippen MR) is 76.4 cm³/mol. The molecule has 0 aliphatic carbocycles. The fourth-order valence-corrected chi connectivity index (χ4v) is 2.94. The van der Waals surface area contributed by atoms with Crippen LogP contribution in [0.25, 0.3) is 0 Å². The van der Waals surface area contributed by atoms with Gasteiger partial charge in [0.2, 0.25) is 0 Å². The van der Waals surface area contributed by atoms with Gasteiger partial charge in [0.1, 0.15) is 0 Å². The Labute approximate surface area is 108 Å². The number of nitrogens with zero attached hydrogens (tertiary/aromatic N) is 1. The van der Waals surface area contributed by atoms with Crippen molar-refractivity contribution in [3.05, 3.63) is 0 Å². The maximum Gasteiger partial charge on any atom is 0.0117 e. The quantitative estimate of drug-likeness (QED) is 0.655. The number of rotatable bonds is 8. The molecule has 0 bridgehead atoms. The molecular weight excluding hydrogens is 208 g/mol. The zero-order valence-corrected chi connectivity index (χ0v) is 12.2. The van der Waals surface area contributed by atoms with Crippen LogP contribution in [0.2, 0.25) is 0 Å². The number of hydrogen-bond acceptors (Lipinski definition) is 2. The van der Waals surface area contributed by atoms with Gasteiger partial charge in [0.05, 0.1) is 0 Å². The first-order chi connectivity index (χ1) is 8.27. The second-order valence-corrected chi connectivity index (χ2v) is 5.64. The highest BCUT2D eigenvalue weighted by Gasteiger charge is 2.24. The predicted octanol–water partition coefficient (Wildman–Crippen LogP) is 3.28. The van der Waals surface area contributed by atoms with Gasteiger partial charge >= 0.3 is 0 Å². The Hall–Kier alpha value is -0.0800. The SMILES string of the molecule is CCCCCCCN1CCC(NCC)C(C)C1. The van der Waals surface area contributed by atoms with Crippen LogP contribution in [0.15, 0.2) is 0 Å². The molecule has 0 aromatic carbocycles. The largest absolute Gasteiger partial charge is 0.314 e. The Bertz CT molecular complexity index is 182. The van der Waals surface area contributed by atoms with Gasteiger partial charge in [-0.3, -0.25) is 0 Å². The highest BCUT2D eigenvalue weighted by atomic mass is 15.1. The van der Waals surface area contributed by atoms with E-state index < -0.39 is 0 Å². The van der Waals surface area contributed by atoms with Crippen molar-refractivity contribution in [2.75, 3.05) is 26.2 Å². The number of likely N-dealkylation sites (tertiary alicyclic amines) is 1. The number of nitrogens with one attached hydrogen (secondary N) is 1. The third-order valence-corrected chi connectivity index (χ3v) is 4.03. The molecule has 102 valence electrons. The third-order valence-electron chi connectivity index (χ3n) is 4.03. The summed E-state index contributed by atoms with van der Waals surface area (Å²) in [6.45, 7) is 11.9. The summed E-state index contributed by atoms with van der Waals surface area (Å²) in [6.07, 6.45) is 8.36. The molecule has 0 aromatic rings. The molecule has 0 spiro atoms. The minimum absolute atomic E-state index is 0.761. The van der Waals surface area contributed by atoms with E-state index in [0.717, 1.165) is 18.5 Å². The third kappa shape index (κ3) is 5.87. The van der Waals surface area contributed by atoms with Crippen molar-refractivity contribution in [2.45, 2.75) is 65.3 Å². The molecule has 0 saturated carbocycles. The van der Waals surface area contributed by atoms with E-state index in [-0.39, 0.29) is 0 Å². The van der Waals surface area contributed by atoms with Crippen LogP contribution in [-0.2, 0) is 0 Å². The van der Waals surface area contributed by atoms with Crippen molar-refractivity contribution in [3.8, 4) is 0 Å². The molecular formula is C15H32N2. The summed E-state index contributed by atoms with van der Waals surface area (Å²) in [6, 6.07) is 0.761. The standard InChI is InChI=1S/C15H32N2/c1-4-6-7-8-9-11-17-12-10-15(16-5-2)14(3)13-17/h14-16H,4-13H2,1-3H3. The zero-order chi connectivity index (χ0) is 12.5. The average Bonchev–Trinajstić information content (AvgIpc) is 2.32. The minimum Gasteiger partial charge on any atom is -0.314 e. The molecule has 1 N–H and O–H groups in total. The van der Waals surface area contributed by atoms with Crippen LogP contribution in [-0.4, -0.2) is 37.1 Å². The zero-order valence-electron chi connectivity index (χ0n) is 12.2. The number of hydrogen-bond donors (Lipinski definition) is 1. The van der Waals surface area contributed by atoms with Crippen molar-refractivity contribution in [1.29, 1.82) is 0 Å². The normalized spacial score (nSPS) is 26.3. The molecule has 1 aliphatic rings. The molecule has 1 heterocycles. The Kier molecular flexibility index (Phi) is 7.87. The van der Waals surface area contributed by atoms with Crippen LogP contribution >= 0.6 is 0 Å². The maximum atomic E-state index is 3.61. The first-order valence-electron chi connectivity index (χ1n) is 7.73. The van der Waals surface area contributed by atoms with Gasteiger partial charge in [-0.2, -0.15) is 0 Å². The summed E-state index contributed by atoms with van der Waals surface area (Å²) in [7, 11) is 0. The lowest BCUT2D eigenvalue weighted by Crippen LogP contribution is -2.48. The second-order valence-electron chi connectivity index (χ2n) is 5.64. The summed E-state index contributed by atoms with van der Waals surface area (Å²) >= 11 is 0. The minimum atomic E-state index is 0.761. The molecule has 0 radical (unpaired) electrons. The van der Waals surface area contributed by atoms with Crippen LogP contribution in [0, 0.1) is 5.92 Å². The van der Waals surface area contributed by atoms with Crippen molar-refractivity contribution < 1.29 is 0 Å². The topological polar surface area (TPSA) is 15.3 Å². The summed E-state index contributed by atoms with van der Waals surface area (Å²) < 4.78 is 0. The maximum absolute atomic E-state index is 3.61. The van der Waals surface area contributed by atoms with E-state index in [1.54, 1.807) is 0 Å². The molecule has 2 nitrogen and oxygen atoms in total. The summed E-state index contributed by atoms with van der Waals surface area (Å²) in [5.41, 5.74) is 0. The first-order valence-corrected chi connectivity index (χ1v) is 7.73. The van der Waals surface area contributed by atoms with Gasteiger partial charge in [0.15, 0.2) is 0 Å². The van der Waals surface area contributed by atoms with Crippen molar-refractivity contribution in [3.63, 3.8) is 0 Å². The van der Waals surface area contributed by atoms with Gasteiger partial charge in [-0.25, -0.2) is 0 Å². The monoisotopic (exact) mass is 240 g/mol. The number of unbranched alkanes of at least 4 members (excludes halogenated alkanes) is 4. The second kappa shape index (κ2) is 8.93. The van der Waals surface area contributed by atoms with E-state index >= 15 is 0 Å². The lowest BCUT2D eigenvalue weighted by Gasteiger charge is -2.37. The van der Waals surface area contributed by atoms with E-state index in [2.05, 4.69) is 31.0 Å². The Morgan fingerprint density at radius 3 is 2.53 bits per heavy atom. The van der Waals surface area contributed by atoms with Gasteiger partial charge in [0.25, 0.3) is 0 Å². The fourth-order valence-electron chi connectivity index (χ4n) is 2.94. The van der Waals surface area contributed by atoms with E-state index in [4.69, 9.17) is 0 Å². The molecule has 2 unspecified atom stereocenters. The molecule has 2 atom stereocenters. The molecule has 17 heavy (non-hydrogen) atoms. The molecule has 1 saturated heterocycles. The van der Waals surface area contributed by atoms with E-state index in [9.17, 15) is 0 Å². The van der Waals surface area contributed by atoms with Gasteiger partial charge in [-0.15, -0.1) is 0 Å². The molecule has 0 amide bonds. The molecule has 1 aliphatic heterocycles. The van der Waals surface area contributed by atoms with Crippen molar-refractivity contribution >= 4 is 0 Å². The molecule has 2 heteroatoms. The number of piperidine rings is 1. The Morgan fingerprint density at radius 1 is 1.12 bits per heavy atom. The van der Waals surface area contributed by atoms with Gasteiger partial charge in [-0.05, 0) is 38.4 Å². The van der Waals surface area contributed by atoms with E-state index in [0.29, 0.717) is 0 Å². The summed E-state index contributed by atoms with van der Waals surface area (Å²) in [5.74, 6) is 0.819. The van der Waals surface area contributed by atoms with Gasteiger partial charge in [0, 0.05) is 12.6 Å². The van der Waals surface area contributed by atoms with E-state index in [1.807, 2.05) is 0 Å². The van der Waals surface area contributed by atoms with E-state index in [1.165, 1.54) is 58.2 Å². The summed E-state index contributed by atoms with van der Waals surface area (Å²) in [4.78, 5) is 2.67. The lowest BCUT2D eigenvalue weighted by molar-refractivity contribution is 0.146. The average molecular weight is 240 g/mol. The summed E-state index contributed by atoms with van der Waals surface area (Å²) in [5, 5.41) is 3.61. The van der Waals surface area contributed by atoms with Crippen molar-refractivity contribution in [1.82, 2.24) is 10.2 Å². The molecule has 0 aromatic heterocycles. The van der Waals surface area contributed by atoms with Crippen LogP contribution in [0.4, 0.5) is 0 Å². The Balaban J connectivity index is 2.08. The molecule has 1 rings (SSSR count). The van der Waals surface area contributed by atoms with Crippen molar-refractivity contribution in [2.24, 2.45) is 5.92 Å². The Morgan fingerprint density at radius 2 is 1.88 bits per heavy atom. The van der Waals surface area contributed by atoms with Crippen LogP contribution in [0.1, 0.15) is 59.3 Å². The highest BCUT2D eigenvalue weighted by molar-refractivity contribution is 4.82. The fraction of sp³-hybridized carbons (Fsp3) is 1.00. The van der Waals surface area contributed by atoms with Gasteiger partial charge in [-0.1, -0.05) is 46.5 Å².